The Bertz CT molecular complexity index is 1440. The van der Waals surface area contributed by atoms with Gasteiger partial charge in [0.1, 0.15) is 11.7 Å². The van der Waals surface area contributed by atoms with E-state index in [4.69, 9.17) is 0 Å². The average molecular weight is 510 g/mol. The molecular formula is C30H31N5O3. The molecular weight excluding hydrogens is 478 g/mol. The second kappa shape index (κ2) is 9.70. The monoisotopic (exact) mass is 509 g/mol. The van der Waals surface area contributed by atoms with Gasteiger partial charge in [0.15, 0.2) is 6.23 Å². The van der Waals surface area contributed by atoms with E-state index in [0.717, 1.165) is 28.5 Å². The fourth-order valence-corrected chi connectivity index (χ4v) is 5.76. The fourth-order valence-electron chi connectivity index (χ4n) is 5.76. The molecule has 2 N–H and O–H groups in total. The Labute approximate surface area is 221 Å². The van der Waals surface area contributed by atoms with Crippen LogP contribution in [0.4, 0.5) is 0 Å². The largest absolute Gasteiger partial charge is 0.372 e. The van der Waals surface area contributed by atoms with Crippen molar-refractivity contribution in [2.45, 2.75) is 37.7 Å². The zero-order chi connectivity index (χ0) is 26.4. The first-order valence-corrected chi connectivity index (χ1v) is 13.0. The molecule has 6 rings (SSSR count). The number of likely N-dealkylation sites (tertiary alicyclic amines) is 2. The number of amides is 2. The van der Waals surface area contributed by atoms with Gasteiger partial charge >= 0.3 is 0 Å². The third-order valence-electron chi connectivity index (χ3n) is 8.06. The van der Waals surface area contributed by atoms with Crippen molar-refractivity contribution in [3.8, 4) is 11.1 Å². The lowest BCUT2D eigenvalue weighted by molar-refractivity contribution is -0.139. The molecule has 2 saturated heterocycles. The quantitative estimate of drug-likeness (QED) is 0.414. The molecule has 2 aromatic heterocycles. The first kappa shape index (κ1) is 24.3. The van der Waals surface area contributed by atoms with Crippen LogP contribution in [-0.2, 0) is 4.79 Å². The number of nitrogens with zero attached hydrogens (tertiary/aromatic N) is 4. The molecule has 8 nitrogen and oxygen atoms in total. The molecule has 38 heavy (non-hydrogen) atoms. The number of aliphatic hydroxyl groups is 1. The number of likely N-dealkylation sites (N-methyl/N-ethyl adjacent to an activating group) is 1. The SMILES string of the molecule is C[C@@H](C(=O)N1C[C@@H]2C[C@H]1CN2C(O)c1ccc(-c2ccccc2)cn1)N(C)C(=O)c1cc2ccccc2[nH]1. The van der Waals surface area contributed by atoms with E-state index in [0.29, 0.717) is 24.5 Å². The fraction of sp³-hybridized carbons (Fsp3) is 0.300. The van der Waals surface area contributed by atoms with E-state index in [1.54, 1.807) is 20.2 Å². The zero-order valence-corrected chi connectivity index (χ0v) is 21.5. The highest BCUT2D eigenvalue weighted by Crippen LogP contribution is 2.36. The summed E-state index contributed by atoms with van der Waals surface area (Å²) in [7, 11) is 1.67. The maximum absolute atomic E-state index is 13.4. The molecule has 8 heteroatoms. The van der Waals surface area contributed by atoms with Crippen LogP contribution in [0.1, 0.15) is 35.8 Å². The number of fused-ring (bicyclic) bond motifs is 3. The molecule has 2 aliphatic rings. The zero-order valence-electron chi connectivity index (χ0n) is 21.5. The molecule has 2 amide bonds. The molecule has 194 valence electrons. The Hall–Kier alpha value is -4.01. The lowest BCUT2D eigenvalue weighted by atomic mass is 10.1. The van der Waals surface area contributed by atoms with E-state index in [9.17, 15) is 14.7 Å². The lowest BCUT2D eigenvalue weighted by Gasteiger charge is -2.38. The van der Waals surface area contributed by atoms with Crippen molar-refractivity contribution in [1.82, 2.24) is 24.7 Å². The van der Waals surface area contributed by atoms with Crippen LogP contribution >= 0.6 is 0 Å². The van der Waals surface area contributed by atoms with Gasteiger partial charge in [0.05, 0.1) is 5.69 Å². The molecule has 0 radical (unpaired) electrons. The van der Waals surface area contributed by atoms with Gasteiger partial charge in [0.25, 0.3) is 5.91 Å². The van der Waals surface area contributed by atoms with E-state index in [1.165, 1.54) is 4.90 Å². The van der Waals surface area contributed by atoms with Crippen molar-refractivity contribution in [3.05, 3.63) is 90.4 Å². The number of nitrogens with one attached hydrogen (secondary N) is 1. The van der Waals surface area contributed by atoms with E-state index in [-0.39, 0.29) is 23.9 Å². The minimum atomic E-state index is -0.823. The third kappa shape index (κ3) is 4.25. The first-order valence-electron chi connectivity index (χ1n) is 13.0. The molecule has 2 aromatic carbocycles. The van der Waals surface area contributed by atoms with Crippen LogP contribution in [-0.4, -0.2) is 79.9 Å². The van der Waals surface area contributed by atoms with Gasteiger partial charge in [-0.1, -0.05) is 54.6 Å². The summed E-state index contributed by atoms with van der Waals surface area (Å²) in [5, 5.41) is 12.0. The molecule has 2 fully saturated rings. The van der Waals surface area contributed by atoms with Crippen molar-refractivity contribution in [3.63, 3.8) is 0 Å². The maximum Gasteiger partial charge on any atom is 0.270 e. The van der Waals surface area contributed by atoms with E-state index < -0.39 is 12.3 Å². The van der Waals surface area contributed by atoms with Gasteiger partial charge in [-0.05, 0) is 37.1 Å². The molecule has 4 heterocycles. The molecule has 4 aromatic rings. The highest BCUT2D eigenvalue weighted by Gasteiger charge is 2.48. The van der Waals surface area contributed by atoms with Gasteiger partial charge in [0.2, 0.25) is 5.91 Å². The summed E-state index contributed by atoms with van der Waals surface area (Å²) in [4.78, 5) is 39.7. The number of piperazine rings is 1. The number of benzene rings is 2. The minimum absolute atomic E-state index is 0.00442. The number of para-hydroxylation sites is 1. The number of rotatable bonds is 6. The number of aliphatic hydroxyl groups excluding tert-OH is 1. The van der Waals surface area contributed by atoms with Crippen LogP contribution in [0, 0.1) is 0 Å². The average Bonchev–Trinajstić information content (AvgIpc) is 3.70. The Morgan fingerprint density at radius 2 is 1.76 bits per heavy atom. The van der Waals surface area contributed by atoms with Crippen LogP contribution in [0.2, 0.25) is 0 Å². The summed E-state index contributed by atoms with van der Waals surface area (Å²) in [6, 6.07) is 22.9. The van der Waals surface area contributed by atoms with Gasteiger partial charge in [-0.15, -0.1) is 0 Å². The Morgan fingerprint density at radius 1 is 1.00 bits per heavy atom. The maximum atomic E-state index is 13.4. The minimum Gasteiger partial charge on any atom is -0.372 e. The number of aromatic amines is 1. The number of hydrogen-bond acceptors (Lipinski definition) is 5. The van der Waals surface area contributed by atoms with Crippen molar-refractivity contribution >= 4 is 22.7 Å². The van der Waals surface area contributed by atoms with Gasteiger partial charge in [-0.25, -0.2) is 0 Å². The van der Waals surface area contributed by atoms with Crippen molar-refractivity contribution in [2.75, 3.05) is 20.1 Å². The van der Waals surface area contributed by atoms with Gasteiger partial charge in [-0.3, -0.25) is 19.5 Å². The van der Waals surface area contributed by atoms with Crippen LogP contribution < -0.4 is 0 Å². The molecule has 0 spiro atoms. The molecule has 4 atom stereocenters. The topological polar surface area (TPSA) is 92.8 Å². The van der Waals surface area contributed by atoms with Crippen LogP contribution in [0.15, 0.2) is 79.0 Å². The van der Waals surface area contributed by atoms with Crippen LogP contribution in [0.5, 0.6) is 0 Å². The highest BCUT2D eigenvalue weighted by atomic mass is 16.3. The predicted octanol–water partition coefficient (Wildman–Crippen LogP) is 3.67. The van der Waals surface area contributed by atoms with Crippen molar-refractivity contribution in [1.29, 1.82) is 0 Å². The molecule has 0 saturated carbocycles. The van der Waals surface area contributed by atoms with Gasteiger partial charge in [0, 0.05) is 54.9 Å². The Balaban J connectivity index is 1.09. The van der Waals surface area contributed by atoms with E-state index in [2.05, 4.69) is 9.97 Å². The summed E-state index contributed by atoms with van der Waals surface area (Å²) < 4.78 is 0. The summed E-state index contributed by atoms with van der Waals surface area (Å²) in [6.45, 7) is 2.88. The first-order chi connectivity index (χ1) is 18.4. The lowest BCUT2D eigenvalue weighted by Crippen LogP contribution is -2.55. The number of aromatic nitrogens is 2. The smallest absolute Gasteiger partial charge is 0.270 e. The second-order valence-electron chi connectivity index (χ2n) is 10.3. The van der Waals surface area contributed by atoms with E-state index in [1.807, 2.05) is 82.6 Å². The third-order valence-corrected chi connectivity index (χ3v) is 8.06. The number of H-pyrrole nitrogens is 1. The number of hydrogen-bond donors (Lipinski definition) is 2. The number of carbonyl (C=O) groups is 2. The molecule has 0 aliphatic carbocycles. The molecule has 2 aliphatic heterocycles. The van der Waals surface area contributed by atoms with Crippen molar-refractivity contribution in [2.24, 2.45) is 0 Å². The summed E-state index contributed by atoms with van der Waals surface area (Å²) in [6.07, 6.45) is 1.77. The van der Waals surface area contributed by atoms with Gasteiger partial charge in [-0.2, -0.15) is 0 Å². The summed E-state index contributed by atoms with van der Waals surface area (Å²) in [5.74, 6) is -0.280. The van der Waals surface area contributed by atoms with Crippen molar-refractivity contribution < 1.29 is 14.7 Å². The second-order valence-corrected chi connectivity index (χ2v) is 10.3. The molecule has 1 unspecified atom stereocenters. The van der Waals surface area contributed by atoms with Crippen LogP contribution in [0.25, 0.3) is 22.0 Å². The highest BCUT2D eigenvalue weighted by molar-refractivity contribution is 6.00. The van der Waals surface area contributed by atoms with E-state index >= 15 is 0 Å². The van der Waals surface area contributed by atoms with Gasteiger partial charge < -0.3 is 19.9 Å². The number of carbonyl (C=O) groups excluding carboxylic acids is 2. The Kier molecular flexibility index (Phi) is 6.21. The predicted molar refractivity (Wildman–Crippen MR) is 145 cm³/mol. The normalized spacial score (nSPS) is 20.6. The Morgan fingerprint density at radius 3 is 2.45 bits per heavy atom. The number of pyridine rings is 1. The standard InChI is InChI=1S/C30H31N5O3/c1-19(33(2)29(37)27-14-21-10-6-7-11-25(21)32-27)28(36)34-17-24-15-23(34)18-35(24)30(38)26-13-12-22(16-31-26)20-8-4-3-5-9-20/h3-14,16,19,23-24,30,32,38H,15,17-18H2,1-2H3/t19-,23-,24-,30?/m0/s1. The molecule has 2 bridgehead atoms. The van der Waals surface area contributed by atoms with Crippen LogP contribution in [0.3, 0.4) is 0 Å². The summed E-state index contributed by atoms with van der Waals surface area (Å²) >= 11 is 0. The summed E-state index contributed by atoms with van der Waals surface area (Å²) in [5.41, 5.74) is 4.05.